The molecule has 3 heterocycles. The van der Waals surface area contributed by atoms with Crippen LogP contribution in [0.3, 0.4) is 0 Å². The van der Waals surface area contributed by atoms with E-state index in [4.69, 9.17) is 4.74 Å². The molecule has 2 aliphatic heterocycles. The second-order valence-corrected chi connectivity index (χ2v) is 7.71. The predicted molar refractivity (Wildman–Crippen MR) is 95.0 cm³/mol. The van der Waals surface area contributed by atoms with Gasteiger partial charge in [0.1, 0.15) is 5.01 Å². The van der Waals surface area contributed by atoms with Crippen molar-refractivity contribution in [2.24, 2.45) is 5.92 Å². The Kier molecular flexibility index (Phi) is 4.14. The topological polar surface area (TPSA) is 42.4 Å². The molecule has 5 heteroatoms. The second kappa shape index (κ2) is 6.30. The van der Waals surface area contributed by atoms with E-state index in [2.05, 4.69) is 41.2 Å². The fourth-order valence-corrected chi connectivity index (χ4v) is 5.15. The number of hydrogen-bond donors (Lipinski definition) is 0. The van der Waals surface area contributed by atoms with Gasteiger partial charge in [-0.15, -0.1) is 11.3 Å². The third-order valence-electron chi connectivity index (χ3n) is 5.76. The van der Waals surface area contributed by atoms with Crippen LogP contribution in [0, 0.1) is 5.92 Å². The molecule has 0 N–H and O–H groups in total. The third-order valence-corrected chi connectivity index (χ3v) is 6.58. The molecule has 0 amide bonds. The Morgan fingerprint density at radius 3 is 2.75 bits per heavy atom. The summed E-state index contributed by atoms with van der Waals surface area (Å²) in [7, 11) is 3.66. The Balaban J connectivity index is 1.65. The molecule has 4 atom stereocenters. The van der Waals surface area contributed by atoms with Gasteiger partial charge in [0.2, 0.25) is 0 Å². The van der Waals surface area contributed by atoms with Crippen molar-refractivity contribution < 1.29 is 9.53 Å². The van der Waals surface area contributed by atoms with E-state index in [1.807, 2.05) is 11.6 Å². The van der Waals surface area contributed by atoms with Crippen molar-refractivity contribution in [1.29, 1.82) is 0 Å². The van der Waals surface area contributed by atoms with Crippen LogP contribution in [0.2, 0.25) is 0 Å². The van der Waals surface area contributed by atoms with Gasteiger partial charge in [-0.1, -0.05) is 24.3 Å². The lowest BCUT2D eigenvalue weighted by Gasteiger charge is -2.41. The van der Waals surface area contributed by atoms with E-state index in [-0.39, 0.29) is 17.8 Å². The van der Waals surface area contributed by atoms with Gasteiger partial charge in [0.15, 0.2) is 0 Å². The standard InChI is InChI=1S/C19H22N2O2S/c1-21-14-7-8-16(21)17(19(22)23-2)15(11-14)12-3-5-13(6-4-12)18-20-9-10-24-18/h3-6,9-10,14-17H,7-8,11H2,1-2H3/t14?,15-,16?,17+/m1/s1. The smallest absolute Gasteiger partial charge is 0.310 e. The average Bonchev–Trinajstić information content (AvgIpc) is 3.21. The average molecular weight is 342 g/mol. The van der Waals surface area contributed by atoms with Crippen molar-refractivity contribution in [2.45, 2.75) is 37.3 Å². The number of methoxy groups -OCH3 is 1. The summed E-state index contributed by atoms with van der Waals surface area (Å²) in [6.45, 7) is 0. The van der Waals surface area contributed by atoms with Gasteiger partial charge >= 0.3 is 5.97 Å². The normalized spacial score (nSPS) is 29.6. The molecule has 24 heavy (non-hydrogen) atoms. The lowest BCUT2D eigenvalue weighted by Crippen LogP contribution is -2.49. The zero-order valence-electron chi connectivity index (χ0n) is 14.0. The number of benzene rings is 1. The first-order valence-electron chi connectivity index (χ1n) is 8.48. The van der Waals surface area contributed by atoms with Gasteiger partial charge in [-0.05, 0) is 31.9 Å². The summed E-state index contributed by atoms with van der Waals surface area (Å²) in [5.41, 5.74) is 2.38. The molecule has 1 aromatic heterocycles. The minimum atomic E-state index is -0.0683. The first-order valence-corrected chi connectivity index (χ1v) is 9.36. The summed E-state index contributed by atoms with van der Waals surface area (Å²) >= 11 is 1.65. The molecule has 126 valence electrons. The first-order chi connectivity index (χ1) is 11.7. The van der Waals surface area contributed by atoms with Crippen LogP contribution in [0.25, 0.3) is 10.6 Å². The molecule has 0 saturated carbocycles. The van der Waals surface area contributed by atoms with Crippen molar-refractivity contribution in [3.63, 3.8) is 0 Å². The van der Waals surface area contributed by atoms with Crippen molar-refractivity contribution in [2.75, 3.05) is 14.2 Å². The van der Waals surface area contributed by atoms with E-state index in [9.17, 15) is 4.79 Å². The predicted octanol–water partition coefficient (Wildman–Crippen LogP) is 3.55. The fraction of sp³-hybridized carbons (Fsp3) is 0.474. The largest absolute Gasteiger partial charge is 0.469 e. The molecule has 4 nitrogen and oxygen atoms in total. The van der Waals surface area contributed by atoms with Crippen LogP contribution in [0.4, 0.5) is 0 Å². The number of aromatic nitrogens is 1. The van der Waals surface area contributed by atoms with E-state index in [0.29, 0.717) is 12.1 Å². The van der Waals surface area contributed by atoms with Gasteiger partial charge in [0.25, 0.3) is 0 Å². The molecule has 1 aromatic carbocycles. The van der Waals surface area contributed by atoms with E-state index in [1.54, 1.807) is 11.3 Å². The van der Waals surface area contributed by atoms with Gasteiger partial charge in [-0.2, -0.15) is 0 Å². The van der Waals surface area contributed by atoms with Crippen LogP contribution in [0.15, 0.2) is 35.8 Å². The number of rotatable bonds is 3. The molecule has 0 spiro atoms. The number of carbonyl (C=O) groups is 1. The zero-order chi connectivity index (χ0) is 16.7. The minimum Gasteiger partial charge on any atom is -0.469 e. The number of ether oxygens (including phenoxy) is 1. The first kappa shape index (κ1) is 15.8. The van der Waals surface area contributed by atoms with Gasteiger partial charge < -0.3 is 4.74 Å². The van der Waals surface area contributed by atoms with Crippen LogP contribution in [0.5, 0.6) is 0 Å². The fourth-order valence-electron chi connectivity index (χ4n) is 4.51. The second-order valence-electron chi connectivity index (χ2n) is 6.81. The van der Waals surface area contributed by atoms with Crippen molar-refractivity contribution >= 4 is 17.3 Å². The van der Waals surface area contributed by atoms with Gasteiger partial charge in [0.05, 0.1) is 13.0 Å². The monoisotopic (exact) mass is 342 g/mol. The molecule has 0 radical (unpaired) electrons. The van der Waals surface area contributed by atoms with Crippen molar-refractivity contribution in [3.8, 4) is 10.6 Å². The maximum Gasteiger partial charge on any atom is 0.310 e. The number of piperidine rings is 1. The summed E-state index contributed by atoms with van der Waals surface area (Å²) < 4.78 is 5.15. The lowest BCUT2D eigenvalue weighted by atomic mass is 9.76. The summed E-state index contributed by atoms with van der Waals surface area (Å²) in [4.78, 5) is 19.2. The molecule has 4 rings (SSSR count). The molecule has 0 aliphatic carbocycles. The van der Waals surface area contributed by atoms with Crippen molar-refractivity contribution in [1.82, 2.24) is 9.88 Å². The molecule has 2 aliphatic rings. The highest BCUT2D eigenvalue weighted by Gasteiger charge is 2.49. The SMILES string of the molecule is COC(=O)[C@@H]1C2CCC(C[C@@H]1c1ccc(-c3nccs3)cc1)N2C. The molecule has 2 saturated heterocycles. The lowest BCUT2D eigenvalue weighted by molar-refractivity contribution is -0.150. The van der Waals surface area contributed by atoms with Gasteiger partial charge in [-0.25, -0.2) is 4.98 Å². The molecule has 2 unspecified atom stereocenters. The molecular weight excluding hydrogens is 320 g/mol. The summed E-state index contributed by atoms with van der Waals surface area (Å²) in [6.07, 6.45) is 5.14. The Morgan fingerprint density at radius 1 is 1.29 bits per heavy atom. The Labute approximate surface area is 146 Å². The highest BCUT2D eigenvalue weighted by atomic mass is 32.1. The third kappa shape index (κ3) is 2.56. The van der Waals surface area contributed by atoms with Crippen LogP contribution < -0.4 is 0 Å². The van der Waals surface area contributed by atoms with E-state index < -0.39 is 0 Å². The number of esters is 1. The minimum absolute atomic E-state index is 0.0653. The number of carbonyl (C=O) groups excluding carboxylic acids is 1. The van der Waals surface area contributed by atoms with E-state index in [0.717, 1.165) is 23.4 Å². The number of hydrogen-bond acceptors (Lipinski definition) is 5. The number of thiazole rings is 1. The van der Waals surface area contributed by atoms with Crippen LogP contribution in [0.1, 0.15) is 30.7 Å². The molecule has 2 aromatic rings. The van der Waals surface area contributed by atoms with E-state index in [1.165, 1.54) is 19.1 Å². The maximum atomic E-state index is 12.5. The van der Waals surface area contributed by atoms with Crippen LogP contribution >= 0.6 is 11.3 Å². The summed E-state index contributed by atoms with van der Waals surface area (Å²) in [5.74, 6) is 0.113. The van der Waals surface area contributed by atoms with Crippen LogP contribution in [-0.2, 0) is 9.53 Å². The summed E-state index contributed by atoms with van der Waals surface area (Å²) in [6, 6.07) is 9.48. The Morgan fingerprint density at radius 2 is 2.08 bits per heavy atom. The summed E-state index contributed by atoms with van der Waals surface area (Å²) in [5, 5.41) is 3.03. The zero-order valence-corrected chi connectivity index (χ0v) is 14.8. The molecular formula is C19H22N2O2S. The highest BCUT2D eigenvalue weighted by molar-refractivity contribution is 7.13. The quantitative estimate of drug-likeness (QED) is 0.800. The van der Waals surface area contributed by atoms with Crippen molar-refractivity contribution in [3.05, 3.63) is 41.4 Å². The van der Waals surface area contributed by atoms with Gasteiger partial charge in [0, 0.05) is 35.1 Å². The molecule has 2 bridgehead atoms. The Bertz CT molecular complexity index is 713. The highest BCUT2D eigenvalue weighted by Crippen LogP contribution is 2.46. The number of fused-ring (bicyclic) bond motifs is 2. The molecule has 2 fully saturated rings. The Hall–Kier alpha value is -1.72. The van der Waals surface area contributed by atoms with E-state index >= 15 is 0 Å². The van der Waals surface area contributed by atoms with Gasteiger partial charge in [-0.3, -0.25) is 9.69 Å². The number of nitrogens with zero attached hydrogens (tertiary/aromatic N) is 2. The van der Waals surface area contributed by atoms with Crippen LogP contribution in [-0.4, -0.2) is 42.1 Å². The maximum absolute atomic E-state index is 12.5.